The van der Waals surface area contributed by atoms with Crippen LogP contribution in [-0.4, -0.2) is 28.0 Å². The molecule has 0 aliphatic rings. The molecular formula is C20H20ClN3O2. The van der Waals surface area contributed by atoms with E-state index >= 15 is 0 Å². The van der Waals surface area contributed by atoms with E-state index in [-0.39, 0.29) is 18.4 Å². The molecule has 1 atom stereocenters. The van der Waals surface area contributed by atoms with Crippen LogP contribution in [0, 0.1) is 0 Å². The average Bonchev–Trinajstić information content (AvgIpc) is 3.12. The van der Waals surface area contributed by atoms with Gasteiger partial charge in [0.2, 0.25) is 17.6 Å². The van der Waals surface area contributed by atoms with Crippen molar-refractivity contribution in [3.05, 3.63) is 71.1 Å². The Labute approximate surface area is 157 Å². The third kappa shape index (κ3) is 4.11. The fourth-order valence-electron chi connectivity index (χ4n) is 2.82. The largest absolute Gasteiger partial charge is 0.337 e. The van der Waals surface area contributed by atoms with Gasteiger partial charge in [0.15, 0.2) is 0 Å². The SMILES string of the molecule is CC[C@H](C(=O)N(C)Cc1nc(-c2ccc(Cl)cc2)no1)c1ccccc1. The summed E-state index contributed by atoms with van der Waals surface area (Å²) < 4.78 is 5.30. The standard InChI is InChI=1S/C20H20ClN3O2/c1-3-17(14-7-5-4-6-8-14)20(25)24(2)13-18-22-19(23-26-18)15-9-11-16(21)12-10-15/h4-12,17H,3,13H2,1-2H3/t17-/m0/s1. The highest BCUT2D eigenvalue weighted by molar-refractivity contribution is 6.30. The summed E-state index contributed by atoms with van der Waals surface area (Å²) in [6.45, 7) is 2.28. The summed E-state index contributed by atoms with van der Waals surface area (Å²) in [6.07, 6.45) is 0.729. The van der Waals surface area contributed by atoms with Gasteiger partial charge in [-0.1, -0.05) is 54.0 Å². The van der Waals surface area contributed by atoms with Crippen LogP contribution in [0.3, 0.4) is 0 Å². The second-order valence-electron chi connectivity index (χ2n) is 6.08. The van der Waals surface area contributed by atoms with E-state index in [0.29, 0.717) is 16.7 Å². The first-order valence-corrected chi connectivity index (χ1v) is 8.84. The summed E-state index contributed by atoms with van der Waals surface area (Å²) in [5.41, 5.74) is 1.83. The topological polar surface area (TPSA) is 59.2 Å². The van der Waals surface area contributed by atoms with Crippen LogP contribution in [0.1, 0.15) is 30.7 Å². The Morgan fingerprint density at radius 1 is 1.15 bits per heavy atom. The smallest absolute Gasteiger partial charge is 0.246 e. The Kier molecular flexibility index (Phi) is 5.68. The van der Waals surface area contributed by atoms with Gasteiger partial charge in [-0.05, 0) is 36.2 Å². The summed E-state index contributed by atoms with van der Waals surface area (Å²) in [4.78, 5) is 18.8. The lowest BCUT2D eigenvalue weighted by atomic mass is 9.95. The van der Waals surface area contributed by atoms with E-state index in [4.69, 9.17) is 16.1 Å². The van der Waals surface area contributed by atoms with Crippen molar-refractivity contribution < 1.29 is 9.32 Å². The lowest BCUT2D eigenvalue weighted by molar-refractivity contribution is -0.132. The van der Waals surface area contributed by atoms with Gasteiger partial charge in [0, 0.05) is 17.6 Å². The summed E-state index contributed by atoms with van der Waals surface area (Å²) in [5.74, 6) is 0.728. The second kappa shape index (κ2) is 8.15. The molecule has 26 heavy (non-hydrogen) atoms. The number of halogens is 1. The van der Waals surface area contributed by atoms with E-state index < -0.39 is 0 Å². The zero-order chi connectivity index (χ0) is 18.5. The summed E-state index contributed by atoms with van der Waals surface area (Å²) in [6, 6.07) is 17.0. The number of nitrogens with zero attached hydrogens (tertiary/aromatic N) is 3. The highest BCUT2D eigenvalue weighted by Gasteiger charge is 2.23. The van der Waals surface area contributed by atoms with Crippen molar-refractivity contribution in [2.24, 2.45) is 0 Å². The highest BCUT2D eigenvalue weighted by atomic mass is 35.5. The van der Waals surface area contributed by atoms with Crippen molar-refractivity contribution in [1.29, 1.82) is 0 Å². The van der Waals surface area contributed by atoms with Crippen LogP contribution in [0.5, 0.6) is 0 Å². The fourth-order valence-corrected chi connectivity index (χ4v) is 2.95. The summed E-state index contributed by atoms with van der Waals surface area (Å²) in [5, 5.41) is 4.63. The third-order valence-corrected chi connectivity index (χ3v) is 4.48. The van der Waals surface area contributed by atoms with Gasteiger partial charge in [-0.2, -0.15) is 4.98 Å². The molecule has 3 rings (SSSR count). The highest BCUT2D eigenvalue weighted by Crippen LogP contribution is 2.23. The first-order chi connectivity index (χ1) is 12.6. The molecule has 134 valence electrons. The predicted molar refractivity (Wildman–Crippen MR) is 101 cm³/mol. The molecule has 0 spiro atoms. The van der Waals surface area contributed by atoms with E-state index in [1.54, 1.807) is 24.1 Å². The first kappa shape index (κ1) is 18.1. The number of hydrogen-bond acceptors (Lipinski definition) is 4. The molecule has 0 N–H and O–H groups in total. The molecule has 1 aromatic heterocycles. The maximum Gasteiger partial charge on any atom is 0.246 e. The minimum atomic E-state index is -0.181. The van der Waals surface area contributed by atoms with Crippen LogP contribution in [0.15, 0.2) is 59.1 Å². The number of carbonyl (C=O) groups excluding carboxylic acids is 1. The van der Waals surface area contributed by atoms with E-state index in [0.717, 1.165) is 17.5 Å². The minimum absolute atomic E-state index is 0.0324. The molecule has 0 saturated carbocycles. The molecule has 0 unspecified atom stereocenters. The number of carbonyl (C=O) groups is 1. The Hall–Kier alpha value is -2.66. The zero-order valence-electron chi connectivity index (χ0n) is 14.7. The molecule has 1 heterocycles. The number of rotatable bonds is 6. The number of likely N-dealkylation sites (N-methyl/N-ethyl adjacent to an activating group) is 1. The molecule has 5 nitrogen and oxygen atoms in total. The van der Waals surface area contributed by atoms with Crippen LogP contribution in [0.25, 0.3) is 11.4 Å². The lowest BCUT2D eigenvalue weighted by Gasteiger charge is -2.22. The Bertz CT molecular complexity index is 862. The van der Waals surface area contributed by atoms with Gasteiger partial charge >= 0.3 is 0 Å². The van der Waals surface area contributed by atoms with Crippen LogP contribution in [0.4, 0.5) is 0 Å². The number of amides is 1. The van der Waals surface area contributed by atoms with Gasteiger partial charge in [0.25, 0.3) is 0 Å². The molecule has 1 amide bonds. The molecule has 0 bridgehead atoms. The lowest BCUT2D eigenvalue weighted by Crippen LogP contribution is -2.31. The average molecular weight is 370 g/mol. The van der Waals surface area contributed by atoms with Crippen molar-refractivity contribution >= 4 is 17.5 Å². The van der Waals surface area contributed by atoms with Crippen molar-refractivity contribution in [3.63, 3.8) is 0 Å². The quantitative estimate of drug-likeness (QED) is 0.640. The predicted octanol–water partition coefficient (Wildman–Crippen LogP) is 4.54. The van der Waals surface area contributed by atoms with Crippen LogP contribution < -0.4 is 0 Å². The minimum Gasteiger partial charge on any atom is -0.337 e. The fraction of sp³-hybridized carbons (Fsp3) is 0.250. The molecule has 0 fully saturated rings. The van der Waals surface area contributed by atoms with E-state index in [1.807, 2.05) is 49.4 Å². The first-order valence-electron chi connectivity index (χ1n) is 8.47. The van der Waals surface area contributed by atoms with E-state index in [1.165, 1.54) is 0 Å². The Morgan fingerprint density at radius 2 is 1.85 bits per heavy atom. The molecule has 0 saturated heterocycles. The molecule has 0 aliphatic heterocycles. The number of benzene rings is 2. The molecule has 3 aromatic rings. The van der Waals surface area contributed by atoms with Crippen LogP contribution in [0.2, 0.25) is 5.02 Å². The third-order valence-electron chi connectivity index (χ3n) is 4.23. The van der Waals surface area contributed by atoms with E-state index in [2.05, 4.69) is 10.1 Å². The zero-order valence-corrected chi connectivity index (χ0v) is 15.5. The monoisotopic (exact) mass is 369 g/mol. The maximum absolute atomic E-state index is 12.8. The van der Waals surface area contributed by atoms with Crippen LogP contribution in [-0.2, 0) is 11.3 Å². The molecule has 2 aromatic carbocycles. The van der Waals surface area contributed by atoms with Crippen molar-refractivity contribution in [2.75, 3.05) is 7.05 Å². The Morgan fingerprint density at radius 3 is 2.50 bits per heavy atom. The van der Waals surface area contributed by atoms with Gasteiger partial charge < -0.3 is 9.42 Å². The number of hydrogen-bond donors (Lipinski definition) is 0. The van der Waals surface area contributed by atoms with Gasteiger partial charge in [-0.15, -0.1) is 0 Å². The van der Waals surface area contributed by atoms with Gasteiger partial charge in [-0.3, -0.25) is 4.79 Å². The maximum atomic E-state index is 12.8. The van der Waals surface area contributed by atoms with Crippen molar-refractivity contribution in [2.45, 2.75) is 25.8 Å². The molecule has 0 aliphatic carbocycles. The summed E-state index contributed by atoms with van der Waals surface area (Å²) >= 11 is 5.89. The second-order valence-corrected chi connectivity index (χ2v) is 6.52. The normalized spacial score (nSPS) is 12.0. The van der Waals surface area contributed by atoms with E-state index in [9.17, 15) is 4.79 Å². The van der Waals surface area contributed by atoms with Crippen molar-refractivity contribution in [3.8, 4) is 11.4 Å². The van der Waals surface area contributed by atoms with Gasteiger partial charge in [0.1, 0.15) is 0 Å². The molecule has 0 radical (unpaired) electrons. The van der Waals surface area contributed by atoms with Crippen molar-refractivity contribution in [1.82, 2.24) is 15.0 Å². The summed E-state index contributed by atoms with van der Waals surface area (Å²) in [7, 11) is 1.75. The number of aromatic nitrogens is 2. The van der Waals surface area contributed by atoms with Gasteiger partial charge in [0.05, 0.1) is 12.5 Å². The molecule has 6 heteroatoms. The van der Waals surface area contributed by atoms with Crippen LogP contribution >= 0.6 is 11.6 Å². The van der Waals surface area contributed by atoms with Gasteiger partial charge in [-0.25, -0.2) is 0 Å². The Balaban J connectivity index is 1.70. The molecular weight excluding hydrogens is 350 g/mol.